The van der Waals surface area contributed by atoms with E-state index in [1.165, 1.54) is 0 Å². The number of nitrogens with zero attached hydrogens (tertiary/aromatic N) is 1. The number of hydrogen-bond acceptors (Lipinski definition) is 5. The lowest BCUT2D eigenvalue weighted by Crippen LogP contribution is -2.48. The van der Waals surface area contributed by atoms with Gasteiger partial charge in [-0.15, -0.1) is 0 Å². The molecule has 4 atom stereocenters. The smallest absolute Gasteiger partial charge is 0.243 e. The fourth-order valence-electron chi connectivity index (χ4n) is 3.83. The minimum absolute atomic E-state index is 0.293. The molecule has 4 unspecified atom stereocenters. The van der Waals surface area contributed by atoms with E-state index in [1.807, 2.05) is 12.2 Å². The van der Waals surface area contributed by atoms with Gasteiger partial charge in [0.05, 0.1) is 24.1 Å². The van der Waals surface area contributed by atoms with Crippen LogP contribution in [-0.2, 0) is 24.4 Å². The van der Waals surface area contributed by atoms with Gasteiger partial charge >= 0.3 is 0 Å². The van der Waals surface area contributed by atoms with Gasteiger partial charge in [0.2, 0.25) is 27.7 Å². The summed E-state index contributed by atoms with van der Waals surface area (Å²) < 4.78 is 25.2. The molecule has 2 N–H and O–H groups in total. The van der Waals surface area contributed by atoms with Crippen molar-refractivity contribution in [3.8, 4) is 0 Å². The second-order valence-corrected chi connectivity index (χ2v) is 9.36. The molecular formula is C20H25N3O5S. The number of sulfonamides is 1. The Morgan fingerprint density at radius 2 is 1.69 bits per heavy atom. The molecule has 0 saturated carbocycles. The third-order valence-electron chi connectivity index (χ3n) is 5.36. The summed E-state index contributed by atoms with van der Waals surface area (Å²) in [5.41, 5.74) is 1.08. The average molecular weight is 420 g/mol. The highest BCUT2D eigenvalue weighted by Gasteiger charge is 2.50. The molecule has 1 aliphatic heterocycles. The second kappa shape index (κ2) is 7.98. The van der Waals surface area contributed by atoms with Crippen LogP contribution >= 0.6 is 0 Å². The van der Waals surface area contributed by atoms with Crippen LogP contribution in [0.4, 0.5) is 5.69 Å². The number of amides is 3. The Balaban J connectivity index is 1.69. The van der Waals surface area contributed by atoms with Gasteiger partial charge in [-0.25, -0.2) is 8.42 Å². The van der Waals surface area contributed by atoms with Gasteiger partial charge in [-0.3, -0.25) is 24.0 Å². The van der Waals surface area contributed by atoms with Gasteiger partial charge in [-0.1, -0.05) is 24.3 Å². The van der Waals surface area contributed by atoms with Crippen molar-refractivity contribution in [3.63, 3.8) is 0 Å². The largest absolute Gasteiger partial charge is 0.348 e. The van der Waals surface area contributed by atoms with E-state index in [2.05, 4.69) is 10.0 Å². The molecule has 9 heteroatoms. The standard InChI is InChI=1S/C20H25N3O5S/c1-12(14-7-6-8-15(11-14)22-29(3,27)28)21-18(24)13(2)23-19(25)16-9-4-5-10-17(16)20(23)26/h4-8,11-13,16-17,22H,9-10H2,1-3H3,(H,21,24). The first-order valence-corrected chi connectivity index (χ1v) is 11.4. The van der Waals surface area contributed by atoms with Crippen LogP contribution in [0.2, 0.25) is 0 Å². The summed E-state index contributed by atoms with van der Waals surface area (Å²) >= 11 is 0. The molecular weight excluding hydrogens is 394 g/mol. The van der Waals surface area contributed by atoms with Crippen LogP contribution in [0.3, 0.4) is 0 Å². The fraction of sp³-hybridized carbons (Fsp3) is 0.450. The number of benzene rings is 1. The third-order valence-corrected chi connectivity index (χ3v) is 5.96. The van der Waals surface area contributed by atoms with Gasteiger partial charge in [0, 0.05) is 5.69 Å². The van der Waals surface area contributed by atoms with Gasteiger partial charge in [0.1, 0.15) is 6.04 Å². The number of imide groups is 1. The zero-order valence-corrected chi connectivity index (χ0v) is 17.4. The van der Waals surface area contributed by atoms with Gasteiger partial charge in [-0.05, 0) is 44.4 Å². The molecule has 1 fully saturated rings. The Morgan fingerprint density at radius 1 is 1.10 bits per heavy atom. The van der Waals surface area contributed by atoms with E-state index >= 15 is 0 Å². The molecule has 0 aromatic heterocycles. The number of carbonyl (C=O) groups excluding carboxylic acids is 3. The van der Waals surface area contributed by atoms with E-state index in [4.69, 9.17) is 0 Å². The van der Waals surface area contributed by atoms with Crippen molar-refractivity contribution in [3.05, 3.63) is 42.0 Å². The first-order chi connectivity index (χ1) is 13.6. The van der Waals surface area contributed by atoms with Gasteiger partial charge in [-0.2, -0.15) is 0 Å². The van der Waals surface area contributed by atoms with Crippen molar-refractivity contribution < 1.29 is 22.8 Å². The summed E-state index contributed by atoms with van der Waals surface area (Å²) in [5.74, 6) is -1.77. The SMILES string of the molecule is CC(NC(=O)C(C)N1C(=O)C2CC=CCC2C1=O)c1cccc(NS(C)(=O)=O)c1. The molecule has 0 bridgehead atoms. The Hall–Kier alpha value is -2.68. The summed E-state index contributed by atoms with van der Waals surface area (Å²) in [6, 6.07) is 5.32. The Labute approximate surface area is 170 Å². The van der Waals surface area contributed by atoms with E-state index in [0.29, 0.717) is 24.1 Å². The molecule has 0 spiro atoms. The second-order valence-electron chi connectivity index (χ2n) is 7.61. The zero-order valence-electron chi connectivity index (χ0n) is 16.6. The molecule has 1 aliphatic carbocycles. The molecule has 1 heterocycles. The first kappa shape index (κ1) is 21.0. The van der Waals surface area contributed by atoms with E-state index in [-0.39, 0.29) is 23.7 Å². The maximum absolute atomic E-state index is 12.7. The number of anilines is 1. The number of rotatable bonds is 6. The average Bonchev–Trinajstić information content (AvgIpc) is 2.91. The van der Waals surface area contributed by atoms with Crippen LogP contribution in [0, 0.1) is 11.8 Å². The lowest BCUT2D eigenvalue weighted by atomic mass is 9.85. The number of carbonyl (C=O) groups is 3. The molecule has 0 radical (unpaired) electrons. The van der Waals surface area contributed by atoms with E-state index in [9.17, 15) is 22.8 Å². The van der Waals surface area contributed by atoms with Gasteiger partial charge in [0.15, 0.2) is 0 Å². The van der Waals surface area contributed by atoms with Crippen LogP contribution in [0.5, 0.6) is 0 Å². The lowest BCUT2D eigenvalue weighted by Gasteiger charge is -2.24. The molecule has 1 aromatic carbocycles. The van der Waals surface area contributed by atoms with E-state index < -0.39 is 28.0 Å². The monoisotopic (exact) mass is 419 g/mol. The Kier molecular flexibility index (Phi) is 5.79. The summed E-state index contributed by atoms with van der Waals surface area (Å²) in [7, 11) is -3.41. The highest BCUT2D eigenvalue weighted by atomic mass is 32.2. The molecule has 8 nitrogen and oxygen atoms in total. The zero-order chi connectivity index (χ0) is 21.3. The topological polar surface area (TPSA) is 113 Å². The molecule has 29 heavy (non-hydrogen) atoms. The first-order valence-electron chi connectivity index (χ1n) is 9.48. The normalized spacial score (nSPS) is 23.5. The van der Waals surface area contributed by atoms with Crippen molar-refractivity contribution >= 4 is 33.4 Å². The number of fused-ring (bicyclic) bond motifs is 1. The van der Waals surface area contributed by atoms with Crippen molar-refractivity contribution in [2.75, 3.05) is 11.0 Å². The van der Waals surface area contributed by atoms with E-state index in [0.717, 1.165) is 11.2 Å². The predicted molar refractivity (Wildman–Crippen MR) is 108 cm³/mol. The molecule has 3 rings (SSSR count). The van der Waals surface area contributed by atoms with Gasteiger partial charge in [0.25, 0.3) is 0 Å². The van der Waals surface area contributed by atoms with Crippen molar-refractivity contribution in [2.24, 2.45) is 11.8 Å². The van der Waals surface area contributed by atoms with Crippen LogP contribution in [0.1, 0.15) is 38.3 Å². The minimum atomic E-state index is -3.41. The number of likely N-dealkylation sites (tertiary alicyclic amines) is 1. The summed E-state index contributed by atoms with van der Waals surface area (Å²) in [6.07, 6.45) is 5.91. The molecule has 1 aromatic rings. The number of allylic oxidation sites excluding steroid dienone is 2. The maximum atomic E-state index is 12.7. The molecule has 3 amide bonds. The third kappa shape index (κ3) is 4.50. The highest BCUT2D eigenvalue weighted by Crippen LogP contribution is 2.36. The van der Waals surface area contributed by atoms with E-state index in [1.54, 1.807) is 38.1 Å². The van der Waals surface area contributed by atoms with Crippen molar-refractivity contribution in [1.29, 1.82) is 0 Å². The quantitative estimate of drug-likeness (QED) is 0.537. The van der Waals surface area contributed by atoms with Crippen molar-refractivity contribution in [2.45, 2.75) is 38.8 Å². The summed E-state index contributed by atoms with van der Waals surface area (Å²) in [4.78, 5) is 39.1. The van der Waals surface area contributed by atoms with Crippen LogP contribution < -0.4 is 10.0 Å². The summed E-state index contributed by atoms with van der Waals surface area (Å²) in [6.45, 7) is 3.30. The fourth-order valence-corrected chi connectivity index (χ4v) is 4.38. The molecule has 156 valence electrons. The Morgan fingerprint density at radius 3 is 2.24 bits per heavy atom. The number of hydrogen-bond donors (Lipinski definition) is 2. The minimum Gasteiger partial charge on any atom is -0.348 e. The van der Waals surface area contributed by atoms with Crippen LogP contribution in [0.25, 0.3) is 0 Å². The Bertz CT molecular complexity index is 946. The van der Waals surface area contributed by atoms with Crippen LogP contribution in [-0.4, -0.2) is 43.3 Å². The molecule has 2 aliphatic rings. The molecule has 1 saturated heterocycles. The number of nitrogens with one attached hydrogen (secondary N) is 2. The van der Waals surface area contributed by atoms with Crippen molar-refractivity contribution in [1.82, 2.24) is 10.2 Å². The maximum Gasteiger partial charge on any atom is 0.243 e. The van der Waals surface area contributed by atoms with Crippen LogP contribution in [0.15, 0.2) is 36.4 Å². The lowest BCUT2D eigenvalue weighted by molar-refractivity contribution is -0.147. The summed E-state index contributed by atoms with van der Waals surface area (Å²) in [5, 5.41) is 2.81. The highest BCUT2D eigenvalue weighted by molar-refractivity contribution is 7.92. The predicted octanol–water partition coefficient (Wildman–Crippen LogP) is 1.57. The van der Waals surface area contributed by atoms with Gasteiger partial charge < -0.3 is 5.32 Å².